The first-order valence-corrected chi connectivity index (χ1v) is 8.44. The molecule has 2 aromatic carbocycles. The molecule has 100 valence electrons. The number of thiazole rings is 1. The summed E-state index contributed by atoms with van der Waals surface area (Å²) in [6.07, 6.45) is 1.86. The van der Waals surface area contributed by atoms with Gasteiger partial charge in [-0.1, -0.05) is 57.9 Å². The summed E-state index contributed by atoms with van der Waals surface area (Å²) in [5.41, 5.74) is 6.27. The quantitative estimate of drug-likeness (QED) is 0.557. The van der Waals surface area contributed by atoms with Crippen LogP contribution in [-0.2, 0) is 5.33 Å². The largest absolute Gasteiger partial charge is 0.245 e. The van der Waals surface area contributed by atoms with Crippen LogP contribution in [-0.4, -0.2) is 4.98 Å². The number of hydrogen-bond donors (Lipinski definition) is 0. The lowest BCUT2D eigenvalue weighted by Gasteiger charge is -2.09. The highest BCUT2D eigenvalue weighted by Gasteiger charge is 2.09. The molecule has 1 nitrogen and oxygen atoms in total. The van der Waals surface area contributed by atoms with Crippen LogP contribution in [0.4, 0.5) is 0 Å². The van der Waals surface area contributed by atoms with Crippen LogP contribution in [0.15, 0.2) is 54.0 Å². The topological polar surface area (TPSA) is 12.9 Å². The fourth-order valence-electron chi connectivity index (χ4n) is 2.25. The maximum absolute atomic E-state index is 4.45. The molecule has 0 bridgehead atoms. The highest BCUT2D eigenvalue weighted by molar-refractivity contribution is 9.08. The van der Waals surface area contributed by atoms with Crippen molar-refractivity contribution >= 4 is 27.3 Å². The fourth-order valence-corrected chi connectivity index (χ4v) is 3.43. The van der Waals surface area contributed by atoms with Crippen LogP contribution in [0, 0.1) is 6.92 Å². The maximum atomic E-state index is 4.45. The molecular weight excluding hydrogens is 330 g/mol. The molecular formula is C17H14BrNS. The highest BCUT2D eigenvalue weighted by atomic mass is 79.9. The molecule has 0 radical (unpaired) electrons. The molecule has 3 rings (SSSR count). The smallest absolute Gasteiger partial charge is 0.123 e. The summed E-state index contributed by atoms with van der Waals surface area (Å²) in [5.74, 6) is 0. The molecule has 0 aliphatic rings. The lowest BCUT2D eigenvalue weighted by molar-refractivity contribution is 1.36. The van der Waals surface area contributed by atoms with Crippen molar-refractivity contribution in [3.8, 4) is 21.7 Å². The summed E-state index contributed by atoms with van der Waals surface area (Å²) in [6.45, 7) is 2.12. The van der Waals surface area contributed by atoms with Gasteiger partial charge in [0.05, 0.1) is 0 Å². The van der Waals surface area contributed by atoms with Gasteiger partial charge in [-0.3, -0.25) is 0 Å². The minimum Gasteiger partial charge on any atom is -0.245 e. The van der Waals surface area contributed by atoms with E-state index in [1.54, 1.807) is 11.3 Å². The molecule has 1 heterocycles. The van der Waals surface area contributed by atoms with E-state index >= 15 is 0 Å². The molecule has 20 heavy (non-hydrogen) atoms. The van der Waals surface area contributed by atoms with Gasteiger partial charge in [-0.15, -0.1) is 11.3 Å². The molecule has 0 saturated heterocycles. The Kier molecular flexibility index (Phi) is 3.99. The van der Waals surface area contributed by atoms with Crippen molar-refractivity contribution in [3.63, 3.8) is 0 Å². The van der Waals surface area contributed by atoms with E-state index in [0.717, 1.165) is 10.3 Å². The van der Waals surface area contributed by atoms with E-state index in [2.05, 4.69) is 70.3 Å². The molecule has 0 atom stereocenters. The van der Waals surface area contributed by atoms with Gasteiger partial charge in [0.15, 0.2) is 0 Å². The molecule has 1 aromatic heterocycles. The number of hydrogen-bond acceptors (Lipinski definition) is 2. The van der Waals surface area contributed by atoms with Crippen LogP contribution in [0.5, 0.6) is 0 Å². The summed E-state index contributed by atoms with van der Waals surface area (Å²) in [6, 6.07) is 15.2. The summed E-state index contributed by atoms with van der Waals surface area (Å²) in [7, 11) is 0. The van der Waals surface area contributed by atoms with Gasteiger partial charge >= 0.3 is 0 Å². The Balaban J connectivity index is 2.13. The number of halogens is 1. The maximum Gasteiger partial charge on any atom is 0.123 e. The van der Waals surface area contributed by atoms with Crippen molar-refractivity contribution < 1.29 is 0 Å². The molecule has 0 aliphatic carbocycles. The zero-order valence-corrected chi connectivity index (χ0v) is 13.5. The number of benzene rings is 2. The average molecular weight is 344 g/mol. The third-order valence-electron chi connectivity index (χ3n) is 3.27. The Morgan fingerprint density at radius 3 is 2.65 bits per heavy atom. The predicted molar refractivity (Wildman–Crippen MR) is 90.4 cm³/mol. The van der Waals surface area contributed by atoms with E-state index in [4.69, 9.17) is 0 Å². The minimum absolute atomic E-state index is 0.843. The van der Waals surface area contributed by atoms with E-state index < -0.39 is 0 Å². The van der Waals surface area contributed by atoms with Crippen molar-refractivity contribution in [2.75, 3.05) is 0 Å². The van der Waals surface area contributed by atoms with Gasteiger partial charge in [0.2, 0.25) is 0 Å². The lowest BCUT2D eigenvalue weighted by atomic mass is 9.99. The number of nitrogens with zero attached hydrogens (tertiary/aromatic N) is 1. The molecule has 0 fully saturated rings. The van der Waals surface area contributed by atoms with Gasteiger partial charge in [0.1, 0.15) is 5.01 Å². The van der Waals surface area contributed by atoms with Crippen LogP contribution in [0.25, 0.3) is 21.7 Å². The summed E-state index contributed by atoms with van der Waals surface area (Å²) in [4.78, 5) is 4.45. The van der Waals surface area contributed by atoms with Crippen molar-refractivity contribution in [1.29, 1.82) is 0 Å². The SMILES string of the molecule is Cc1cccc(-c2ccc(CBr)c(-c3nccs3)c2)c1. The van der Waals surface area contributed by atoms with Crippen molar-refractivity contribution in [2.24, 2.45) is 0 Å². The predicted octanol–water partition coefficient (Wildman–Crippen LogP) is 5.68. The Hall–Kier alpha value is -1.45. The van der Waals surface area contributed by atoms with Gasteiger partial charge < -0.3 is 0 Å². The molecule has 3 heteroatoms. The molecule has 0 aliphatic heterocycles. The Morgan fingerprint density at radius 1 is 1.10 bits per heavy atom. The van der Waals surface area contributed by atoms with Crippen molar-refractivity contribution in [2.45, 2.75) is 12.3 Å². The van der Waals surface area contributed by atoms with Gasteiger partial charge in [-0.2, -0.15) is 0 Å². The molecule has 0 unspecified atom stereocenters. The lowest BCUT2D eigenvalue weighted by Crippen LogP contribution is -1.88. The zero-order chi connectivity index (χ0) is 13.9. The van der Waals surface area contributed by atoms with E-state index in [-0.39, 0.29) is 0 Å². The van der Waals surface area contributed by atoms with Crippen LogP contribution < -0.4 is 0 Å². The Morgan fingerprint density at radius 2 is 1.95 bits per heavy atom. The number of rotatable bonds is 3. The van der Waals surface area contributed by atoms with Crippen LogP contribution in [0.2, 0.25) is 0 Å². The van der Waals surface area contributed by atoms with Crippen molar-refractivity contribution in [1.82, 2.24) is 4.98 Å². The van der Waals surface area contributed by atoms with Gasteiger partial charge in [0, 0.05) is 22.5 Å². The van der Waals surface area contributed by atoms with E-state index in [0.29, 0.717) is 0 Å². The summed E-state index contributed by atoms with van der Waals surface area (Å²) >= 11 is 5.24. The summed E-state index contributed by atoms with van der Waals surface area (Å²) in [5, 5.41) is 3.94. The Bertz CT molecular complexity index is 720. The van der Waals surface area contributed by atoms with Gasteiger partial charge in [0.25, 0.3) is 0 Å². The summed E-state index contributed by atoms with van der Waals surface area (Å²) < 4.78 is 0. The number of aromatic nitrogens is 1. The van der Waals surface area contributed by atoms with E-state index in [1.165, 1.54) is 27.8 Å². The van der Waals surface area contributed by atoms with Crippen LogP contribution in [0.3, 0.4) is 0 Å². The third kappa shape index (κ3) is 2.69. The molecule has 0 spiro atoms. The van der Waals surface area contributed by atoms with E-state index in [9.17, 15) is 0 Å². The number of aryl methyl sites for hydroxylation is 1. The standard InChI is InChI=1S/C17H14BrNS/c1-12-3-2-4-13(9-12)14-5-6-15(11-18)16(10-14)17-19-7-8-20-17/h2-10H,11H2,1H3. The van der Waals surface area contributed by atoms with Crippen LogP contribution in [0.1, 0.15) is 11.1 Å². The van der Waals surface area contributed by atoms with Crippen LogP contribution >= 0.6 is 27.3 Å². The molecule has 0 amide bonds. The minimum atomic E-state index is 0.843. The first-order chi connectivity index (χ1) is 9.78. The average Bonchev–Trinajstić information content (AvgIpc) is 3.00. The zero-order valence-electron chi connectivity index (χ0n) is 11.1. The molecule has 3 aromatic rings. The van der Waals surface area contributed by atoms with Crippen molar-refractivity contribution in [3.05, 3.63) is 65.2 Å². The highest BCUT2D eigenvalue weighted by Crippen LogP contribution is 2.32. The molecule has 0 N–H and O–H groups in total. The Labute approximate surface area is 131 Å². The second-order valence-corrected chi connectivity index (χ2v) is 6.17. The molecule has 0 saturated carbocycles. The van der Waals surface area contributed by atoms with E-state index in [1.807, 2.05) is 11.6 Å². The number of alkyl halides is 1. The second kappa shape index (κ2) is 5.90. The monoisotopic (exact) mass is 343 g/mol. The van der Waals surface area contributed by atoms with Gasteiger partial charge in [-0.25, -0.2) is 4.98 Å². The fraction of sp³-hybridized carbons (Fsp3) is 0.118. The first kappa shape index (κ1) is 13.5. The third-order valence-corrected chi connectivity index (χ3v) is 4.68. The normalized spacial score (nSPS) is 10.7. The van der Waals surface area contributed by atoms with Gasteiger partial charge in [-0.05, 0) is 29.7 Å². The second-order valence-electron chi connectivity index (χ2n) is 4.71. The first-order valence-electron chi connectivity index (χ1n) is 6.44.